The summed E-state index contributed by atoms with van der Waals surface area (Å²) >= 11 is 0. The van der Waals surface area contributed by atoms with Gasteiger partial charge in [0, 0.05) is 13.1 Å². The van der Waals surface area contributed by atoms with E-state index in [4.69, 9.17) is 0 Å². The van der Waals surface area contributed by atoms with Crippen LogP contribution in [0.25, 0.3) is 0 Å². The number of rotatable bonds is 3. The summed E-state index contributed by atoms with van der Waals surface area (Å²) in [5.41, 5.74) is 0.624. The van der Waals surface area contributed by atoms with Gasteiger partial charge < -0.3 is 5.32 Å². The Hall–Kier alpha value is -0.910. The molecule has 0 bridgehead atoms. The lowest BCUT2D eigenvalue weighted by atomic mass is 9.88. The van der Waals surface area contributed by atoms with Crippen LogP contribution < -0.4 is 5.32 Å². The molecule has 3 rings (SSSR count). The minimum Gasteiger partial charge on any atom is -0.314 e. The van der Waals surface area contributed by atoms with Crippen LogP contribution in [0.2, 0.25) is 0 Å². The molecule has 4 nitrogen and oxygen atoms in total. The molecule has 2 aliphatic rings. The third-order valence-corrected chi connectivity index (χ3v) is 6.50. The van der Waals surface area contributed by atoms with Gasteiger partial charge in [0.05, 0.1) is 10.4 Å². The number of fused-ring (bicyclic) bond motifs is 2. The fourth-order valence-electron chi connectivity index (χ4n) is 3.39. The molecule has 20 heavy (non-hydrogen) atoms. The van der Waals surface area contributed by atoms with Gasteiger partial charge in [-0.2, -0.15) is 4.31 Å². The normalized spacial score (nSPS) is 28.4. The number of nitrogens with one attached hydrogen (secondary N) is 1. The fourth-order valence-corrected chi connectivity index (χ4v) is 5.47. The van der Waals surface area contributed by atoms with Crippen LogP contribution in [0.3, 0.4) is 0 Å². The van der Waals surface area contributed by atoms with Crippen LogP contribution in [-0.4, -0.2) is 32.4 Å². The first kappa shape index (κ1) is 14.0. The molecular formula is C15H22N2O2S. The first-order valence-electron chi connectivity index (χ1n) is 7.31. The molecule has 1 unspecified atom stereocenters. The fraction of sp³-hybridized carbons (Fsp3) is 0.600. The molecule has 0 aliphatic carbocycles. The van der Waals surface area contributed by atoms with Gasteiger partial charge >= 0.3 is 0 Å². The van der Waals surface area contributed by atoms with E-state index in [1.54, 1.807) is 10.4 Å². The van der Waals surface area contributed by atoms with E-state index in [2.05, 4.69) is 19.2 Å². The Bertz CT molecular complexity index is 604. The molecule has 0 aromatic heterocycles. The third-order valence-electron chi connectivity index (χ3n) is 4.48. The Morgan fingerprint density at radius 3 is 2.75 bits per heavy atom. The lowest BCUT2D eigenvalue weighted by Crippen LogP contribution is -2.46. The maximum Gasteiger partial charge on any atom is 0.244 e. The number of nitrogens with zero attached hydrogens (tertiary/aromatic N) is 1. The minimum absolute atomic E-state index is 0.357. The Labute approximate surface area is 121 Å². The van der Waals surface area contributed by atoms with Gasteiger partial charge in [-0.15, -0.1) is 0 Å². The second kappa shape index (κ2) is 4.83. The molecule has 1 saturated heterocycles. The van der Waals surface area contributed by atoms with Gasteiger partial charge in [0.25, 0.3) is 0 Å². The molecule has 110 valence electrons. The summed E-state index contributed by atoms with van der Waals surface area (Å²) in [5.74, 6) is 0.500. The largest absolute Gasteiger partial charge is 0.314 e. The Balaban J connectivity index is 2.09. The zero-order chi connectivity index (χ0) is 14.4. The van der Waals surface area contributed by atoms with E-state index in [1.165, 1.54) is 0 Å². The molecule has 5 heteroatoms. The molecule has 1 aromatic carbocycles. The van der Waals surface area contributed by atoms with Crippen molar-refractivity contribution >= 4 is 10.0 Å². The van der Waals surface area contributed by atoms with Crippen molar-refractivity contribution in [1.82, 2.24) is 9.62 Å². The van der Waals surface area contributed by atoms with E-state index in [1.807, 2.05) is 18.2 Å². The Morgan fingerprint density at radius 2 is 2.10 bits per heavy atom. The second-order valence-electron chi connectivity index (χ2n) is 6.21. The SMILES string of the molecule is CC(C)CCN1C2(CCNC2)c2ccccc2S1(=O)=O. The summed E-state index contributed by atoms with van der Waals surface area (Å²) in [6.45, 7) is 6.48. The predicted octanol–water partition coefficient (Wildman–Crippen LogP) is 1.93. The van der Waals surface area contributed by atoms with Crippen molar-refractivity contribution in [3.05, 3.63) is 29.8 Å². The molecule has 1 atom stereocenters. The highest BCUT2D eigenvalue weighted by Crippen LogP contribution is 2.47. The standard InChI is InChI=1S/C15H22N2O2S/c1-12(2)7-10-17-15(8-9-16-11-15)13-5-3-4-6-14(13)20(17,18)19/h3-6,12,16H,7-11H2,1-2H3. The monoisotopic (exact) mass is 294 g/mol. The quantitative estimate of drug-likeness (QED) is 0.926. The van der Waals surface area contributed by atoms with E-state index in [0.29, 0.717) is 17.4 Å². The molecule has 0 amide bonds. The topological polar surface area (TPSA) is 49.4 Å². The molecule has 1 aromatic rings. The summed E-state index contributed by atoms with van der Waals surface area (Å²) in [7, 11) is -3.34. The van der Waals surface area contributed by atoms with Crippen LogP contribution in [0.5, 0.6) is 0 Å². The highest BCUT2D eigenvalue weighted by atomic mass is 32.2. The van der Waals surface area contributed by atoms with Gasteiger partial charge in [0.15, 0.2) is 0 Å². The van der Waals surface area contributed by atoms with Crippen LogP contribution in [0.1, 0.15) is 32.3 Å². The predicted molar refractivity (Wildman–Crippen MR) is 79.0 cm³/mol. The van der Waals surface area contributed by atoms with Crippen LogP contribution in [0.4, 0.5) is 0 Å². The van der Waals surface area contributed by atoms with Gasteiger partial charge in [-0.05, 0) is 36.9 Å². The minimum atomic E-state index is -3.34. The lowest BCUT2D eigenvalue weighted by molar-refractivity contribution is 0.210. The third kappa shape index (κ3) is 1.91. The number of sulfonamides is 1. The molecule has 2 aliphatic heterocycles. The number of hydrogen-bond acceptors (Lipinski definition) is 3. The van der Waals surface area contributed by atoms with E-state index >= 15 is 0 Å². The zero-order valence-electron chi connectivity index (χ0n) is 12.1. The smallest absolute Gasteiger partial charge is 0.244 e. The van der Waals surface area contributed by atoms with Gasteiger partial charge in [-0.25, -0.2) is 8.42 Å². The van der Waals surface area contributed by atoms with E-state index in [9.17, 15) is 8.42 Å². The van der Waals surface area contributed by atoms with Crippen LogP contribution >= 0.6 is 0 Å². The Morgan fingerprint density at radius 1 is 1.35 bits per heavy atom. The summed E-state index contributed by atoms with van der Waals surface area (Å²) in [5, 5.41) is 3.35. The van der Waals surface area contributed by atoms with Crippen molar-refractivity contribution in [1.29, 1.82) is 0 Å². The lowest BCUT2D eigenvalue weighted by Gasteiger charge is -2.33. The molecule has 0 saturated carbocycles. The summed E-state index contributed by atoms with van der Waals surface area (Å²) < 4.78 is 27.5. The number of hydrogen-bond donors (Lipinski definition) is 1. The average molecular weight is 294 g/mol. The average Bonchev–Trinajstić information content (AvgIpc) is 2.94. The maximum atomic E-state index is 12.9. The molecule has 0 radical (unpaired) electrons. The van der Waals surface area contributed by atoms with E-state index in [-0.39, 0.29) is 5.54 Å². The van der Waals surface area contributed by atoms with Crippen molar-refractivity contribution in [2.75, 3.05) is 19.6 Å². The van der Waals surface area contributed by atoms with E-state index in [0.717, 1.165) is 31.5 Å². The molecule has 1 N–H and O–H groups in total. The summed E-state index contributed by atoms with van der Waals surface area (Å²) in [6, 6.07) is 7.49. The van der Waals surface area contributed by atoms with Gasteiger partial charge in [-0.3, -0.25) is 0 Å². The second-order valence-corrected chi connectivity index (χ2v) is 8.04. The summed E-state index contributed by atoms with van der Waals surface area (Å²) in [4.78, 5) is 0.507. The van der Waals surface area contributed by atoms with Gasteiger partial charge in [0.1, 0.15) is 0 Å². The molecule has 2 heterocycles. The molecular weight excluding hydrogens is 272 g/mol. The van der Waals surface area contributed by atoms with Crippen molar-refractivity contribution < 1.29 is 8.42 Å². The van der Waals surface area contributed by atoms with Gasteiger partial charge in [0.2, 0.25) is 10.0 Å². The van der Waals surface area contributed by atoms with E-state index < -0.39 is 10.0 Å². The highest BCUT2D eigenvalue weighted by molar-refractivity contribution is 7.89. The first-order valence-corrected chi connectivity index (χ1v) is 8.75. The van der Waals surface area contributed by atoms with Crippen molar-refractivity contribution in [3.63, 3.8) is 0 Å². The molecule has 1 fully saturated rings. The van der Waals surface area contributed by atoms with Crippen molar-refractivity contribution in [2.45, 2.75) is 37.1 Å². The number of benzene rings is 1. The van der Waals surface area contributed by atoms with Gasteiger partial charge in [-0.1, -0.05) is 32.0 Å². The molecule has 1 spiro atoms. The van der Waals surface area contributed by atoms with Crippen molar-refractivity contribution in [3.8, 4) is 0 Å². The summed E-state index contributed by atoms with van der Waals surface area (Å²) in [6.07, 6.45) is 1.76. The van der Waals surface area contributed by atoms with Crippen molar-refractivity contribution in [2.24, 2.45) is 5.92 Å². The van der Waals surface area contributed by atoms with Crippen LogP contribution in [0.15, 0.2) is 29.2 Å². The Kier molecular flexibility index (Phi) is 3.39. The maximum absolute atomic E-state index is 12.9. The zero-order valence-corrected chi connectivity index (χ0v) is 12.9. The first-order chi connectivity index (χ1) is 9.48. The van der Waals surface area contributed by atoms with Crippen LogP contribution in [0, 0.1) is 5.92 Å². The highest BCUT2D eigenvalue weighted by Gasteiger charge is 2.54. The van der Waals surface area contributed by atoms with Crippen LogP contribution in [-0.2, 0) is 15.6 Å².